The highest BCUT2D eigenvalue weighted by molar-refractivity contribution is 5.94. The smallest absolute Gasteiger partial charge is 0.248 e. The standard InChI is InChI=1S/C35H34FN7O4/c1-20(40-19-30(44)43-14-2-3-27(43)18-37)17-35(34-42-41-33(47-34)21-6-10-26(36)11-7-21)28-12-8-24(31(38)45)15-22(28)4-5-23-16-25(32(39)46)9-13-29(23)35/h6-13,15-16,20,27,40H,2-5,14,17,19H2,1H3,(H2,38,45)(H2,39,46)/t20-,27+/m1/s1. The Morgan fingerprint density at radius 1 is 1.02 bits per heavy atom. The number of nitrogens with two attached hydrogens (primary N) is 2. The molecule has 0 spiro atoms. The Labute approximate surface area is 270 Å². The van der Waals surface area contributed by atoms with Gasteiger partial charge in [0.1, 0.15) is 17.3 Å². The van der Waals surface area contributed by atoms with Gasteiger partial charge >= 0.3 is 0 Å². The lowest BCUT2D eigenvalue weighted by Crippen LogP contribution is -2.45. The molecule has 12 heteroatoms. The fourth-order valence-corrected chi connectivity index (χ4v) is 6.89. The summed E-state index contributed by atoms with van der Waals surface area (Å²) in [5, 5.41) is 21.8. The summed E-state index contributed by atoms with van der Waals surface area (Å²) in [7, 11) is 0. The van der Waals surface area contributed by atoms with Gasteiger partial charge in [0, 0.05) is 29.3 Å². The quantitative estimate of drug-likeness (QED) is 0.250. The number of rotatable bonds is 9. The van der Waals surface area contributed by atoms with Crippen LogP contribution in [0.25, 0.3) is 11.5 Å². The van der Waals surface area contributed by atoms with Crippen LogP contribution in [0.4, 0.5) is 4.39 Å². The number of carbonyl (C=O) groups is 3. The van der Waals surface area contributed by atoms with Crippen LogP contribution in [-0.2, 0) is 23.1 Å². The minimum absolute atomic E-state index is 0.0149. The average molecular weight is 636 g/mol. The summed E-state index contributed by atoms with van der Waals surface area (Å²) < 4.78 is 20.2. The summed E-state index contributed by atoms with van der Waals surface area (Å²) >= 11 is 0. The summed E-state index contributed by atoms with van der Waals surface area (Å²) in [6.45, 7) is 2.50. The normalized spacial score (nSPS) is 17.2. The molecule has 2 heterocycles. The molecule has 3 amide bonds. The number of hydrogen-bond donors (Lipinski definition) is 3. The summed E-state index contributed by atoms with van der Waals surface area (Å²) in [4.78, 5) is 39.3. The molecule has 1 aliphatic carbocycles. The molecule has 1 saturated heterocycles. The zero-order valence-electron chi connectivity index (χ0n) is 25.8. The zero-order valence-corrected chi connectivity index (χ0v) is 25.8. The lowest BCUT2D eigenvalue weighted by Gasteiger charge is -2.36. The predicted octanol–water partition coefficient (Wildman–Crippen LogP) is 3.39. The minimum atomic E-state index is -1.13. The molecule has 3 aromatic carbocycles. The molecular formula is C35H34FN7O4. The maximum Gasteiger partial charge on any atom is 0.248 e. The number of benzene rings is 3. The zero-order chi connectivity index (χ0) is 33.3. The number of nitrogens with zero attached hydrogens (tertiary/aromatic N) is 4. The van der Waals surface area contributed by atoms with E-state index >= 15 is 0 Å². The van der Waals surface area contributed by atoms with Gasteiger partial charge < -0.3 is 26.1 Å². The van der Waals surface area contributed by atoms with Crippen LogP contribution in [0.1, 0.15) is 75.0 Å². The molecule has 1 aliphatic heterocycles. The lowest BCUT2D eigenvalue weighted by molar-refractivity contribution is -0.130. The summed E-state index contributed by atoms with van der Waals surface area (Å²) in [6.07, 6.45) is 2.78. The maximum absolute atomic E-state index is 13.7. The van der Waals surface area contributed by atoms with E-state index in [2.05, 4.69) is 21.6 Å². The van der Waals surface area contributed by atoms with E-state index in [1.54, 1.807) is 41.3 Å². The Balaban J connectivity index is 1.49. The number of nitriles is 1. The van der Waals surface area contributed by atoms with E-state index < -0.39 is 29.1 Å². The molecule has 11 nitrogen and oxygen atoms in total. The van der Waals surface area contributed by atoms with Gasteiger partial charge in [-0.05, 0) is 110 Å². The third-order valence-electron chi connectivity index (χ3n) is 9.18. The van der Waals surface area contributed by atoms with Gasteiger partial charge in [0.05, 0.1) is 12.6 Å². The number of amides is 3. The van der Waals surface area contributed by atoms with Crippen molar-refractivity contribution in [1.82, 2.24) is 20.4 Å². The van der Waals surface area contributed by atoms with Crippen LogP contribution in [0, 0.1) is 17.1 Å². The Morgan fingerprint density at radius 3 is 2.21 bits per heavy atom. The van der Waals surface area contributed by atoms with Gasteiger partial charge in [0.25, 0.3) is 0 Å². The van der Waals surface area contributed by atoms with Gasteiger partial charge in [-0.25, -0.2) is 4.39 Å². The van der Waals surface area contributed by atoms with Crippen molar-refractivity contribution in [2.45, 2.75) is 56.5 Å². The molecule has 1 aromatic heterocycles. The first-order valence-electron chi connectivity index (χ1n) is 15.5. The highest BCUT2D eigenvalue weighted by Crippen LogP contribution is 2.48. The van der Waals surface area contributed by atoms with Crippen LogP contribution < -0.4 is 16.8 Å². The fraction of sp³-hybridized carbons (Fsp3) is 0.314. The van der Waals surface area contributed by atoms with Crippen molar-refractivity contribution in [3.05, 3.63) is 106 Å². The third-order valence-corrected chi connectivity index (χ3v) is 9.18. The number of carbonyl (C=O) groups excluding carboxylic acids is 3. The molecule has 2 atom stereocenters. The lowest BCUT2D eigenvalue weighted by atomic mass is 9.68. The predicted molar refractivity (Wildman–Crippen MR) is 169 cm³/mol. The van der Waals surface area contributed by atoms with E-state index in [1.165, 1.54) is 12.1 Å². The molecular weight excluding hydrogens is 601 g/mol. The Kier molecular flexibility index (Phi) is 8.58. The Morgan fingerprint density at radius 2 is 1.64 bits per heavy atom. The maximum atomic E-state index is 13.7. The number of nitrogens with one attached hydrogen (secondary N) is 1. The van der Waals surface area contributed by atoms with Crippen molar-refractivity contribution >= 4 is 17.7 Å². The number of halogens is 1. The van der Waals surface area contributed by atoms with E-state index in [4.69, 9.17) is 15.9 Å². The van der Waals surface area contributed by atoms with Crippen LogP contribution in [0.15, 0.2) is 65.1 Å². The van der Waals surface area contributed by atoms with Gasteiger partial charge in [-0.15, -0.1) is 10.2 Å². The van der Waals surface area contributed by atoms with E-state index in [9.17, 15) is 24.0 Å². The number of hydrogen-bond acceptors (Lipinski definition) is 8. The molecule has 0 radical (unpaired) electrons. The largest absolute Gasteiger partial charge is 0.419 e. The molecule has 240 valence electrons. The molecule has 4 aromatic rings. The van der Waals surface area contributed by atoms with Crippen molar-refractivity contribution in [3.8, 4) is 17.5 Å². The van der Waals surface area contributed by atoms with E-state index in [1.807, 2.05) is 19.1 Å². The molecule has 2 aliphatic rings. The highest BCUT2D eigenvalue weighted by Gasteiger charge is 2.47. The molecule has 47 heavy (non-hydrogen) atoms. The Bertz CT molecular complexity index is 1830. The topological polar surface area (TPSA) is 181 Å². The second-order valence-electron chi connectivity index (χ2n) is 12.2. The van der Waals surface area contributed by atoms with Crippen LogP contribution in [0.2, 0.25) is 0 Å². The van der Waals surface area contributed by atoms with Crippen LogP contribution in [0.5, 0.6) is 0 Å². The fourth-order valence-electron chi connectivity index (χ4n) is 6.89. The van der Waals surface area contributed by atoms with Crippen LogP contribution in [-0.4, -0.2) is 58.0 Å². The number of primary amides is 2. The second-order valence-corrected chi connectivity index (χ2v) is 12.2. The van der Waals surface area contributed by atoms with E-state index in [0.717, 1.165) is 28.7 Å². The van der Waals surface area contributed by atoms with Crippen molar-refractivity contribution in [2.24, 2.45) is 11.5 Å². The first-order valence-corrected chi connectivity index (χ1v) is 15.5. The highest BCUT2D eigenvalue weighted by atomic mass is 19.1. The molecule has 6 rings (SSSR count). The van der Waals surface area contributed by atoms with Gasteiger partial charge in [-0.1, -0.05) is 12.1 Å². The molecule has 5 N–H and O–H groups in total. The summed E-state index contributed by atoms with van der Waals surface area (Å²) in [5.74, 6) is -1.29. The van der Waals surface area contributed by atoms with Gasteiger partial charge in [-0.3, -0.25) is 14.4 Å². The van der Waals surface area contributed by atoms with Gasteiger partial charge in [0.2, 0.25) is 29.5 Å². The summed E-state index contributed by atoms with van der Waals surface area (Å²) in [5.41, 5.74) is 14.7. The van der Waals surface area contributed by atoms with Crippen molar-refractivity contribution in [1.29, 1.82) is 5.26 Å². The molecule has 0 bridgehead atoms. The number of aryl methyl sites for hydroxylation is 2. The van der Waals surface area contributed by atoms with Crippen LogP contribution >= 0.6 is 0 Å². The molecule has 0 unspecified atom stereocenters. The minimum Gasteiger partial charge on any atom is -0.419 e. The number of aromatic nitrogens is 2. The van der Waals surface area contributed by atoms with E-state index in [0.29, 0.717) is 48.9 Å². The first kappa shape index (κ1) is 31.6. The first-order chi connectivity index (χ1) is 22.6. The summed E-state index contributed by atoms with van der Waals surface area (Å²) in [6, 6.07) is 17.7. The van der Waals surface area contributed by atoms with Crippen LogP contribution in [0.3, 0.4) is 0 Å². The third kappa shape index (κ3) is 5.97. The number of likely N-dealkylation sites (tertiary alicyclic amines) is 1. The van der Waals surface area contributed by atoms with E-state index in [-0.39, 0.29) is 30.3 Å². The number of fused-ring (bicyclic) bond motifs is 2. The second kappa shape index (κ2) is 12.8. The average Bonchev–Trinajstić information content (AvgIpc) is 3.74. The Hall–Kier alpha value is -5.41. The molecule has 1 fully saturated rings. The SMILES string of the molecule is C[C@H](CC1(c2nnc(-c3ccc(F)cc3)o2)c2ccc(C(N)=O)cc2CCc2cc(C(N)=O)ccc21)NCC(=O)N1CCC[C@H]1C#N. The molecule has 0 saturated carbocycles. The van der Waals surface area contributed by atoms with Crippen molar-refractivity contribution in [2.75, 3.05) is 13.1 Å². The monoisotopic (exact) mass is 635 g/mol. The van der Waals surface area contributed by atoms with Crippen molar-refractivity contribution < 1.29 is 23.2 Å². The van der Waals surface area contributed by atoms with Gasteiger partial charge in [-0.2, -0.15) is 5.26 Å². The van der Waals surface area contributed by atoms with Gasteiger partial charge in [0.15, 0.2) is 0 Å². The van der Waals surface area contributed by atoms with Crippen molar-refractivity contribution in [3.63, 3.8) is 0 Å².